The number of pyridine rings is 1. The van der Waals surface area contributed by atoms with Crippen LogP contribution in [0.5, 0.6) is 11.6 Å². The first kappa shape index (κ1) is 13.9. The first-order valence-electron chi connectivity index (χ1n) is 5.86. The Morgan fingerprint density at radius 2 is 1.95 bits per heavy atom. The highest BCUT2D eigenvalue weighted by atomic mass is 19.1. The number of hydrogen-bond donors (Lipinski definition) is 0. The standard InChI is InChI=1S/C14H11F2NO3/c1-2-19-14(18)12-4-3-5-17-13(12)20-11-7-9(15)6-10(16)8-11/h3-8H,2H2,1H3. The first-order valence-corrected chi connectivity index (χ1v) is 5.86. The van der Waals surface area contributed by atoms with E-state index in [9.17, 15) is 13.6 Å². The van der Waals surface area contributed by atoms with Gasteiger partial charge in [-0.3, -0.25) is 0 Å². The third kappa shape index (κ3) is 3.28. The maximum absolute atomic E-state index is 13.1. The molecular formula is C14H11F2NO3. The minimum absolute atomic E-state index is 0.0732. The van der Waals surface area contributed by atoms with Gasteiger partial charge in [-0.15, -0.1) is 0 Å². The summed E-state index contributed by atoms with van der Waals surface area (Å²) in [6.45, 7) is 1.86. The summed E-state index contributed by atoms with van der Waals surface area (Å²) in [4.78, 5) is 15.6. The topological polar surface area (TPSA) is 48.4 Å². The molecule has 0 atom stereocenters. The number of benzene rings is 1. The molecular weight excluding hydrogens is 268 g/mol. The van der Waals surface area contributed by atoms with Crippen LogP contribution in [-0.4, -0.2) is 17.6 Å². The number of esters is 1. The normalized spacial score (nSPS) is 10.2. The summed E-state index contributed by atoms with van der Waals surface area (Å²) < 4.78 is 36.3. The van der Waals surface area contributed by atoms with E-state index in [1.165, 1.54) is 18.3 Å². The number of carbonyl (C=O) groups is 1. The summed E-state index contributed by atoms with van der Waals surface area (Å²) in [5, 5.41) is 0. The van der Waals surface area contributed by atoms with Crippen LogP contribution in [0.2, 0.25) is 0 Å². The van der Waals surface area contributed by atoms with Crippen molar-refractivity contribution in [2.45, 2.75) is 6.92 Å². The van der Waals surface area contributed by atoms with Crippen molar-refractivity contribution in [3.63, 3.8) is 0 Å². The highest BCUT2D eigenvalue weighted by Crippen LogP contribution is 2.25. The summed E-state index contributed by atoms with van der Waals surface area (Å²) in [6.07, 6.45) is 1.40. The highest BCUT2D eigenvalue weighted by molar-refractivity contribution is 5.91. The van der Waals surface area contributed by atoms with Crippen molar-refractivity contribution < 1.29 is 23.0 Å². The predicted molar refractivity (Wildman–Crippen MR) is 66.6 cm³/mol. The number of nitrogens with zero attached hydrogens (tertiary/aromatic N) is 1. The van der Waals surface area contributed by atoms with Gasteiger partial charge in [-0.05, 0) is 19.1 Å². The maximum atomic E-state index is 13.1. The number of aromatic nitrogens is 1. The van der Waals surface area contributed by atoms with Crippen LogP contribution in [-0.2, 0) is 4.74 Å². The Bertz CT molecular complexity index is 611. The van der Waals surface area contributed by atoms with Crippen molar-refractivity contribution in [1.82, 2.24) is 4.98 Å². The fourth-order valence-corrected chi connectivity index (χ4v) is 1.54. The Labute approximate surface area is 114 Å². The highest BCUT2D eigenvalue weighted by Gasteiger charge is 2.15. The number of hydrogen-bond acceptors (Lipinski definition) is 4. The van der Waals surface area contributed by atoms with Gasteiger partial charge < -0.3 is 9.47 Å². The van der Waals surface area contributed by atoms with Crippen molar-refractivity contribution in [2.75, 3.05) is 6.61 Å². The Hall–Kier alpha value is -2.50. The monoisotopic (exact) mass is 279 g/mol. The van der Waals surface area contributed by atoms with Gasteiger partial charge >= 0.3 is 5.97 Å². The largest absolute Gasteiger partial charge is 0.462 e. The maximum Gasteiger partial charge on any atom is 0.343 e. The molecule has 20 heavy (non-hydrogen) atoms. The van der Waals surface area contributed by atoms with Gasteiger partial charge in [0.05, 0.1) is 6.61 Å². The van der Waals surface area contributed by atoms with Crippen molar-refractivity contribution in [2.24, 2.45) is 0 Å². The fourth-order valence-electron chi connectivity index (χ4n) is 1.54. The van der Waals surface area contributed by atoms with Crippen molar-refractivity contribution in [3.05, 3.63) is 53.7 Å². The van der Waals surface area contributed by atoms with Gasteiger partial charge in [0.1, 0.15) is 22.9 Å². The summed E-state index contributed by atoms with van der Waals surface area (Å²) in [7, 11) is 0. The SMILES string of the molecule is CCOC(=O)c1cccnc1Oc1cc(F)cc(F)c1. The minimum atomic E-state index is -0.784. The molecule has 0 aliphatic carbocycles. The smallest absolute Gasteiger partial charge is 0.343 e. The fraction of sp³-hybridized carbons (Fsp3) is 0.143. The quantitative estimate of drug-likeness (QED) is 0.805. The van der Waals surface area contributed by atoms with E-state index in [0.717, 1.165) is 18.2 Å². The van der Waals surface area contributed by atoms with Gasteiger partial charge in [0, 0.05) is 24.4 Å². The lowest BCUT2D eigenvalue weighted by atomic mass is 10.2. The van der Waals surface area contributed by atoms with Gasteiger partial charge in [0.15, 0.2) is 0 Å². The second-order valence-electron chi connectivity index (χ2n) is 3.78. The molecule has 0 saturated carbocycles. The number of ether oxygens (including phenoxy) is 2. The molecule has 104 valence electrons. The van der Waals surface area contributed by atoms with Gasteiger partial charge in [0.25, 0.3) is 0 Å². The lowest BCUT2D eigenvalue weighted by Gasteiger charge is -2.09. The third-order valence-electron chi connectivity index (χ3n) is 2.32. The molecule has 1 aromatic heterocycles. The van der Waals surface area contributed by atoms with E-state index >= 15 is 0 Å². The van der Waals surface area contributed by atoms with E-state index in [4.69, 9.17) is 9.47 Å². The van der Waals surface area contributed by atoms with Crippen LogP contribution in [0, 0.1) is 11.6 Å². The van der Waals surface area contributed by atoms with Gasteiger partial charge in [0.2, 0.25) is 5.88 Å². The molecule has 0 aliphatic heterocycles. The van der Waals surface area contributed by atoms with Crippen LogP contribution in [0.25, 0.3) is 0 Å². The Morgan fingerprint density at radius 3 is 2.60 bits per heavy atom. The van der Waals surface area contributed by atoms with Gasteiger partial charge in [-0.2, -0.15) is 0 Å². The van der Waals surface area contributed by atoms with Crippen LogP contribution in [0.4, 0.5) is 8.78 Å². The molecule has 0 radical (unpaired) electrons. The molecule has 0 N–H and O–H groups in total. The molecule has 0 spiro atoms. The lowest BCUT2D eigenvalue weighted by molar-refractivity contribution is 0.0522. The summed E-state index contributed by atoms with van der Waals surface area (Å²) >= 11 is 0. The molecule has 4 nitrogen and oxygen atoms in total. The Kier molecular flexibility index (Phi) is 4.24. The third-order valence-corrected chi connectivity index (χ3v) is 2.32. The second-order valence-corrected chi connectivity index (χ2v) is 3.78. The van der Waals surface area contributed by atoms with Crippen molar-refractivity contribution in [1.29, 1.82) is 0 Å². The van der Waals surface area contributed by atoms with Crippen LogP contribution in [0.1, 0.15) is 17.3 Å². The van der Waals surface area contributed by atoms with E-state index in [0.29, 0.717) is 0 Å². The van der Waals surface area contributed by atoms with Gasteiger partial charge in [-0.25, -0.2) is 18.6 Å². The number of carbonyl (C=O) groups excluding carboxylic acids is 1. The molecule has 1 aromatic carbocycles. The molecule has 6 heteroatoms. The number of rotatable bonds is 4. The summed E-state index contributed by atoms with van der Waals surface area (Å²) in [6, 6.07) is 5.69. The lowest BCUT2D eigenvalue weighted by Crippen LogP contribution is -2.07. The molecule has 1 heterocycles. The van der Waals surface area contributed by atoms with E-state index < -0.39 is 17.6 Å². The van der Waals surface area contributed by atoms with Crippen molar-refractivity contribution in [3.8, 4) is 11.6 Å². The molecule has 0 saturated heterocycles. The van der Waals surface area contributed by atoms with E-state index in [1.807, 2.05) is 0 Å². The molecule has 0 bridgehead atoms. The zero-order chi connectivity index (χ0) is 14.5. The predicted octanol–water partition coefficient (Wildman–Crippen LogP) is 3.33. The summed E-state index contributed by atoms with van der Waals surface area (Å²) in [5.41, 5.74) is 0.0824. The van der Waals surface area contributed by atoms with Gasteiger partial charge in [-0.1, -0.05) is 0 Å². The zero-order valence-electron chi connectivity index (χ0n) is 10.6. The van der Waals surface area contributed by atoms with Crippen LogP contribution < -0.4 is 4.74 Å². The van der Waals surface area contributed by atoms with Crippen molar-refractivity contribution >= 4 is 5.97 Å². The average Bonchev–Trinajstić information content (AvgIpc) is 2.38. The molecule has 0 aliphatic rings. The second kappa shape index (κ2) is 6.10. The zero-order valence-corrected chi connectivity index (χ0v) is 10.6. The molecule has 0 amide bonds. The Balaban J connectivity index is 2.31. The van der Waals surface area contributed by atoms with E-state index in [2.05, 4.69) is 4.98 Å². The average molecular weight is 279 g/mol. The molecule has 2 aromatic rings. The van der Waals surface area contributed by atoms with Crippen LogP contribution in [0.3, 0.4) is 0 Å². The van der Waals surface area contributed by atoms with E-state index in [1.54, 1.807) is 6.92 Å². The first-order chi connectivity index (χ1) is 9.60. The molecule has 0 fully saturated rings. The van der Waals surface area contributed by atoms with Crippen LogP contribution >= 0.6 is 0 Å². The van der Waals surface area contributed by atoms with Crippen LogP contribution in [0.15, 0.2) is 36.5 Å². The molecule has 0 unspecified atom stereocenters. The van der Waals surface area contributed by atoms with E-state index in [-0.39, 0.29) is 23.8 Å². The Morgan fingerprint density at radius 1 is 1.25 bits per heavy atom. The molecule has 2 rings (SSSR count). The number of halogens is 2. The summed E-state index contributed by atoms with van der Waals surface area (Å²) in [5.74, 6) is -2.35. The minimum Gasteiger partial charge on any atom is -0.462 e.